The quantitative estimate of drug-likeness (QED) is 0.204. The van der Waals surface area contributed by atoms with Gasteiger partial charge in [0.15, 0.2) is 5.96 Å². The van der Waals surface area contributed by atoms with E-state index in [0.29, 0.717) is 25.8 Å². The molecule has 1 saturated heterocycles. The maximum Gasteiger partial charge on any atom is 0.326 e. The fraction of sp³-hybridized carbons (Fsp3) is 0.500. The summed E-state index contributed by atoms with van der Waals surface area (Å²) in [4.78, 5) is 42.5. The van der Waals surface area contributed by atoms with Crippen LogP contribution in [-0.4, -0.2) is 65.0 Å². The van der Waals surface area contributed by atoms with Crippen LogP contribution in [-0.2, 0) is 14.4 Å². The Morgan fingerprint density at radius 2 is 1.97 bits per heavy atom. The molecule has 3 atom stereocenters. The summed E-state index contributed by atoms with van der Waals surface area (Å²) in [5.41, 5.74) is 11.3. The number of para-hydroxylation sites is 1. The number of rotatable bonds is 10. The van der Waals surface area contributed by atoms with Crippen LogP contribution >= 0.6 is 0 Å². The Hall–Kier alpha value is -3.30. The molecule has 0 aromatic heterocycles. The largest absolute Gasteiger partial charge is 0.480 e. The number of nitrogens with one attached hydrogen (secondary N) is 2. The highest BCUT2D eigenvalue weighted by molar-refractivity contribution is 5.93. The average molecular weight is 418 g/mol. The summed E-state index contributed by atoms with van der Waals surface area (Å²) in [5, 5.41) is 15.1. The molecule has 2 unspecified atom stereocenters. The molecular weight excluding hydrogens is 388 g/mol. The number of hydrogen-bond acceptors (Lipinski definition) is 5. The first-order valence-electron chi connectivity index (χ1n) is 10.00. The second kappa shape index (κ2) is 11.0. The van der Waals surface area contributed by atoms with E-state index < -0.39 is 30.0 Å². The van der Waals surface area contributed by atoms with E-state index in [-0.39, 0.29) is 24.8 Å². The number of aliphatic carboxylic acids is 1. The van der Waals surface area contributed by atoms with Crippen molar-refractivity contribution in [3.05, 3.63) is 30.3 Å². The number of hydrogen-bond donors (Lipinski definition) is 5. The molecule has 2 rings (SSSR count). The lowest BCUT2D eigenvalue weighted by Gasteiger charge is -2.28. The highest BCUT2D eigenvalue weighted by Gasteiger charge is 2.37. The lowest BCUT2D eigenvalue weighted by atomic mass is 10.1. The van der Waals surface area contributed by atoms with Crippen LogP contribution in [0.3, 0.4) is 0 Å². The van der Waals surface area contributed by atoms with Crippen LogP contribution in [0.4, 0.5) is 5.69 Å². The third kappa shape index (κ3) is 6.64. The van der Waals surface area contributed by atoms with Gasteiger partial charge in [-0.15, -0.1) is 0 Å². The van der Waals surface area contributed by atoms with Crippen molar-refractivity contribution < 1.29 is 19.5 Å². The SMILES string of the molecule is CC(Nc1ccccc1)C(=O)N1CCCC1C(=O)N[C@H](CCCN=C(N)N)C(=O)O. The van der Waals surface area contributed by atoms with Gasteiger partial charge in [0.25, 0.3) is 0 Å². The summed E-state index contributed by atoms with van der Waals surface area (Å²) in [5.74, 6) is -1.86. The number of anilines is 1. The van der Waals surface area contributed by atoms with Crippen molar-refractivity contribution in [1.82, 2.24) is 10.2 Å². The van der Waals surface area contributed by atoms with Crippen LogP contribution in [0, 0.1) is 0 Å². The van der Waals surface area contributed by atoms with Gasteiger partial charge in [0.1, 0.15) is 18.1 Å². The normalized spacial score (nSPS) is 17.6. The molecule has 2 amide bonds. The molecule has 7 N–H and O–H groups in total. The van der Waals surface area contributed by atoms with E-state index in [1.54, 1.807) is 6.92 Å². The molecule has 10 nitrogen and oxygen atoms in total. The van der Waals surface area contributed by atoms with E-state index in [1.807, 2.05) is 30.3 Å². The third-order valence-corrected chi connectivity index (χ3v) is 4.93. The van der Waals surface area contributed by atoms with E-state index in [9.17, 15) is 19.5 Å². The molecule has 1 fully saturated rings. The lowest BCUT2D eigenvalue weighted by Crippen LogP contribution is -2.53. The molecule has 0 spiro atoms. The minimum Gasteiger partial charge on any atom is -0.480 e. The number of carbonyl (C=O) groups is 3. The Bertz CT molecular complexity index is 766. The predicted molar refractivity (Wildman–Crippen MR) is 114 cm³/mol. The number of carboxylic acid groups (broad SMARTS) is 1. The van der Waals surface area contributed by atoms with Crippen molar-refractivity contribution in [2.45, 2.75) is 50.7 Å². The number of nitrogens with zero attached hydrogens (tertiary/aromatic N) is 2. The first-order chi connectivity index (χ1) is 14.3. The van der Waals surface area contributed by atoms with Crippen LogP contribution in [0.2, 0.25) is 0 Å². The summed E-state index contributed by atoms with van der Waals surface area (Å²) in [7, 11) is 0. The van der Waals surface area contributed by atoms with Crippen LogP contribution in [0.15, 0.2) is 35.3 Å². The predicted octanol–water partition coefficient (Wildman–Crippen LogP) is 0.101. The zero-order valence-electron chi connectivity index (χ0n) is 17.1. The second-order valence-electron chi connectivity index (χ2n) is 7.27. The highest BCUT2D eigenvalue weighted by atomic mass is 16.4. The molecular formula is C20H30N6O4. The van der Waals surface area contributed by atoms with Gasteiger partial charge in [-0.3, -0.25) is 14.6 Å². The molecule has 1 aliphatic heterocycles. The number of carbonyl (C=O) groups excluding carboxylic acids is 2. The zero-order valence-corrected chi connectivity index (χ0v) is 17.1. The van der Waals surface area contributed by atoms with Gasteiger partial charge < -0.3 is 32.1 Å². The van der Waals surface area contributed by atoms with Gasteiger partial charge in [-0.2, -0.15) is 0 Å². The molecule has 0 radical (unpaired) electrons. The van der Waals surface area contributed by atoms with E-state index in [2.05, 4.69) is 15.6 Å². The molecule has 164 valence electrons. The number of likely N-dealkylation sites (tertiary alicyclic amines) is 1. The summed E-state index contributed by atoms with van der Waals surface area (Å²) >= 11 is 0. The highest BCUT2D eigenvalue weighted by Crippen LogP contribution is 2.20. The molecule has 1 aromatic rings. The summed E-state index contributed by atoms with van der Waals surface area (Å²) in [6.07, 6.45) is 1.77. The minimum absolute atomic E-state index is 0.0655. The lowest BCUT2D eigenvalue weighted by molar-refractivity contribution is -0.144. The van der Waals surface area contributed by atoms with Crippen LogP contribution < -0.4 is 22.1 Å². The van der Waals surface area contributed by atoms with Crippen LogP contribution in [0.1, 0.15) is 32.6 Å². The Kier molecular flexibility index (Phi) is 8.45. The van der Waals surface area contributed by atoms with Crippen LogP contribution in [0.5, 0.6) is 0 Å². The topological polar surface area (TPSA) is 163 Å². The monoisotopic (exact) mass is 418 g/mol. The van der Waals surface area contributed by atoms with E-state index in [1.165, 1.54) is 4.90 Å². The van der Waals surface area contributed by atoms with Crippen molar-refractivity contribution in [3.63, 3.8) is 0 Å². The van der Waals surface area contributed by atoms with Gasteiger partial charge in [0.05, 0.1) is 0 Å². The number of aliphatic imine (C=N–C) groups is 1. The van der Waals surface area contributed by atoms with Gasteiger partial charge in [0.2, 0.25) is 11.8 Å². The maximum absolute atomic E-state index is 12.9. The Labute approximate surface area is 175 Å². The molecule has 0 bridgehead atoms. The van der Waals surface area contributed by atoms with Gasteiger partial charge in [0, 0.05) is 18.8 Å². The first kappa shape index (κ1) is 23.0. The maximum atomic E-state index is 12.9. The standard InChI is InChI=1S/C20H30N6O4/c1-13(24-14-7-3-2-4-8-14)18(28)26-12-6-10-16(26)17(27)25-15(19(29)30)9-5-11-23-20(21)22/h2-4,7-8,13,15-16,24H,5-6,9-12H2,1H3,(H,25,27)(H,29,30)(H4,21,22,23)/t13?,15-,16?/m1/s1. The molecule has 30 heavy (non-hydrogen) atoms. The Morgan fingerprint density at radius 1 is 1.27 bits per heavy atom. The fourth-order valence-electron chi connectivity index (χ4n) is 3.43. The fourth-order valence-corrected chi connectivity index (χ4v) is 3.43. The second-order valence-corrected chi connectivity index (χ2v) is 7.27. The average Bonchev–Trinajstić information content (AvgIpc) is 3.19. The van der Waals surface area contributed by atoms with Gasteiger partial charge in [-0.05, 0) is 44.7 Å². The van der Waals surface area contributed by atoms with Crippen molar-refractivity contribution in [3.8, 4) is 0 Å². The number of amides is 2. The van der Waals surface area contributed by atoms with Gasteiger partial charge in [-0.25, -0.2) is 4.79 Å². The van der Waals surface area contributed by atoms with Crippen molar-refractivity contribution in [2.75, 3.05) is 18.4 Å². The van der Waals surface area contributed by atoms with E-state index >= 15 is 0 Å². The molecule has 1 aliphatic rings. The Balaban J connectivity index is 1.95. The number of benzene rings is 1. The smallest absolute Gasteiger partial charge is 0.326 e. The van der Waals surface area contributed by atoms with Crippen molar-refractivity contribution >= 4 is 29.4 Å². The molecule has 10 heteroatoms. The number of nitrogens with two attached hydrogens (primary N) is 2. The molecule has 0 aliphatic carbocycles. The van der Waals surface area contributed by atoms with Crippen molar-refractivity contribution in [2.24, 2.45) is 16.5 Å². The number of guanidine groups is 1. The van der Waals surface area contributed by atoms with E-state index in [4.69, 9.17) is 11.5 Å². The number of carboxylic acids is 1. The summed E-state index contributed by atoms with van der Waals surface area (Å²) in [6, 6.07) is 7.07. The molecule has 1 aromatic carbocycles. The third-order valence-electron chi connectivity index (χ3n) is 4.93. The Morgan fingerprint density at radius 3 is 2.60 bits per heavy atom. The van der Waals surface area contributed by atoms with Gasteiger partial charge in [-0.1, -0.05) is 18.2 Å². The molecule has 1 heterocycles. The minimum atomic E-state index is -1.14. The first-order valence-corrected chi connectivity index (χ1v) is 10.00. The molecule has 0 saturated carbocycles. The van der Waals surface area contributed by atoms with Crippen molar-refractivity contribution in [1.29, 1.82) is 0 Å². The summed E-state index contributed by atoms with van der Waals surface area (Å²) in [6.45, 7) is 2.48. The van der Waals surface area contributed by atoms with Gasteiger partial charge >= 0.3 is 5.97 Å². The van der Waals surface area contributed by atoms with Crippen LogP contribution in [0.25, 0.3) is 0 Å². The summed E-state index contributed by atoms with van der Waals surface area (Å²) < 4.78 is 0. The van der Waals surface area contributed by atoms with E-state index in [0.717, 1.165) is 5.69 Å². The zero-order chi connectivity index (χ0) is 22.1.